The van der Waals surface area contributed by atoms with Crippen molar-refractivity contribution in [3.05, 3.63) is 28.5 Å². The summed E-state index contributed by atoms with van der Waals surface area (Å²) in [6, 6.07) is 3.41. The van der Waals surface area contributed by atoms with E-state index in [1.165, 1.54) is 0 Å². The SMILES string of the molecule is CC(CO)NC(=O)Cc1ccc(Br)cn1. The lowest BCUT2D eigenvalue weighted by Crippen LogP contribution is -2.36. The Bertz CT molecular complexity index is 327. The third-order valence-electron chi connectivity index (χ3n) is 1.81. The van der Waals surface area contributed by atoms with Gasteiger partial charge in [-0.2, -0.15) is 0 Å². The van der Waals surface area contributed by atoms with Crippen LogP contribution in [0.1, 0.15) is 12.6 Å². The molecule has 4 nitrogen and oxygen atoms in total. The quantitative estimate of drug-likeness (QED) is 0.856. The monoisotopic (exact) mass is 272 g/mol. The molecule has 0 aromatic carbocycles. The molecule has 0 radical (unpaired) electrons. The van der Waals surface area contributed by atoms with Gasteiger partial charge >= 0.3 is 0 Å². The van der Waals surface area contributed by atoms with Crippen LogP contribution in [0.25, 0.3) is 0 Å². The van der Waals surface area contributed by atoms with Gasteiger partial charge in [-0.1, -0.05) is 0 Å². The molecule has 0 saturated heterocycles. The third-order valence-corrected chi connectivity index (χ3v) is 2.28. The maximum atomic E-state index is 11.4. The van der Waals surface area contributed by atoms with Crippen molar-refractivity contribution in [3.63, 3.8) is 0 Å². The molecule has 0 spiro atoms. The number of hydrogen-bond donors (Lipinski definition) is 2. The van der Waals surface area contributed by atoms with Crippen molar-refractivity contribution in [1.29, 1.82) is 0 Å². The van der Waals surface area contributed by atoms with Crippen molar-refractivity contribution in [2.45, 2.75) is 19.4 Å². The van der Waals surface area contributed by atoms with Crippen molar-refractivity contribution in [3.8, 4) is 0 Å². The smallest absolute Gasteiger partial charge is 0.226 e. The highest BCUT2D eigenvalue weighted by atomic mass is 79.9. The van der Waals surface area contributed by atoms with E-state index in [-0.39, 0.29) is 25.0 Å². The van der Waals surface area contributed by atoms with Crippen LogP contribution in [-0.4, -0.2) is 28.6 Å². The van der Waals surface area contributed by atoms with Crippen molar-refractivity contribution >= 4 is 21.8 Å². The molecule has 1 rings (SSSR count). The summed E-state index contributed by atoms with van der Waals surface area (Å²) in [6.07, 6.45) is 1.88. The fourth-order valence-electron chi connectivity index (χ4n) is 1.05. The van der Waals surface area contributed by atoms with E-state index in [0.29, 0.717) is 5.69 Å². The molecule has 5 heteroatoms. The zero-order chi connectivity index (χ0) is 11.3. The average molecular weight is 273 g/mol. The van der Waals surface area contributed by atoms with Crippen molar-refractivity contribution in [2.75, 3.05) is 6.61 Å². The van der Waals surface area contributed by atoms with Crippen molar-refractivity contribution in [2.24, 2.45) is 0 Å². The highest BCUT2D eigenvalue weighted by Gasteiger charge is 2.07. The molecular weight excluding hydrogens is 260 g/mol. The summed E-state index contributed by atoms with van der Waals surface area (Å²) in [5.41, 5.74) is 0.709. The molecule has 0 aliphatic rings. The van der Waals surface area contributed by atoms with Gasteiger partial charge in [0.05, 0.1) is 13.0 Å². The molecule has 2 N–H and O–H groups in total. The standard InChI is InChI=1S/C10H13BrN2O2/c1-7(6-14)13-10(15)4-9-3-2-8(11)5-12-9/h2-3,5,7,14H,4,6H2,1H3,(H,13,15). The summed E-state index contributed by atoms with van der Waals surface area (Å²) < 4.78 is 0.885. The van der Waals surface area contributed by atoms with E-state index in [4.69, 9.17) is 5.11 Å². The molecule has 0 aliphatic carbocycles. The van der Waals surface area contributed by atoms with E-state index in [1.54, 1.807) is 19.2 Å². The average Bonchev–Trinajstić information content (AvgIpc) is 2.21. The summed E-state index contributed by atoms with van der Waals surface area (Å²) in [5.74, 6) is -0.133. The molecule has 15 heavy (non-hydrogen) atoms. The minimum absolute atomic E-state index is 0.0560. The van der Waals surface area contributed by atoms with Crippen LogP contribution in [0.3, 0.4) is 0 Å². The fraction of sp³-hybridized carbons (Fsp3) is 0.400. The maximum Gasteiger partial charge on any atom is 0.226 e. The molecular formula is C10H13BrN2O2. The van der Waals surface area contributed by atoms with Crippen LogP contribution in [0.2, 0.25) is 0 Å². The highest BCUT2D eigenvalue weighted by molar-refractivity contribution is 9.10. The van der Waals surface area contributed by atoms with Crippen LogP contribution in [0.15, 0.2) is 22.8 Å². The summed E-state index contributed by atoms with van der Waals surface area (Å²) in [7, 11) is 0. The molecule has 0 fully saturated rings. The number of carbonyl (C=O) groups excluding carboxylic acids is 1. The van der Waals surface area contributed by atoms with Gasteiger partial charge in [-0.25, -0.2) is 0 Å². The Kier molecular flexibility index (Phi) is 4.71. The van der Waals surface area contributed by atoms with Crippen LogP contribution in [0, 0.1) is 0 Å². The second-order valence-corrected chi connectivity index (χ2v) is 4.21. The normalized spacial score (nSPS) is 12.2. The Labute approximate surface area is 96.8 Å². The lowest BCUT2D eigenvalue weighted by atomic mass is 10.2. The predicted octanol–water partition coefficient (Wildman–Crippen LogP) is 0.884. The number of nitrogens with one attached hydrogen (secondary N) is 1. The molecule has 1 unspecified atom stereocenters. The van der Waals surface area contributed by atoms with E-state index in [2.05, 4.69) is 26.2 Å². The first-order chi connectivity index (χ1) is 7.11. The van der Waals surface area contributed by atoms with Gasteiger partial charge in [0.25, 0.3) is 0 Å². The van der Waals surface area contributed by atoms with Crippen LogP contribution < -0.4 is 5.32 Å². The second kappa shape index (κ2) is 5.82. The van der Waals surface area contributed by atoms with Gasteiger partial charge in [-0.05, 0) is 35.0 Å². The Morgan fingerprint density at radius 1 is 1.67 bits per heavy atom. The number of aromatic nitrogens is 1. The second-order valence-electron chi connectivity index (χ2n) is 3.30. The van der Waals surface area contributed by atoms with Crippen molar-refractivity contribution < 1.29 is 9.90 Å². The minimum Gasteiger partial charge on any atom is -0.394 e. The fourth-order valence-corrected chi connectivity index (χ4v) is 1.28. The number of carbonyl (C=O) groups is 1. The number of halogens is 1. The number of aliphatic hydroxyl groups is 1. The van der Waals surface area contributed by atoms with Crippen LogP contribution >= 0.6 is 15.9 Å². The zero-order valence-corrected chi connectivity index (χ0v) is 9.99. The Morgan fingerprint density at radius 3 is 2.93 bits per heavy atom. The van der Waals surface area contributed by atoms with Gasteiger partial charge in [-0.15, -0.1) is 0 Å². The number of hydrogen-bond acceptors (Lipinski definition) is 3. The molecule has 0 aliphatic heterocycles. The van der Waals surface area contributed by atoms with Gasteiger partial charge < -0.3 is 10.4 Å². The summed E-state index contributed by atoms with van der Waals surface area (Å²) in [6.45, 7) is 1.69. The first-order valence-corrected chi connectivity index (χ1v) is 5.41. The largest absolute Gasteiger partial charge is 0.394 e. The van der Waals surface area contributed by atoms with Crippen LogP contribution in [0.4, 0.5) is 0 Å². The van der Waals surface area contributed by atoms with Crippen molar-refractivity contribution in [1.82, 2.24) is 10.3 Å². The lowest BCUT2D eigenvalue weighted by molar-refractivity contribution is -0.121. The Balaban J connectivity index is 2.48. The zero-order valence-electron chi connectivity index (χ0n) is 8.40. The predicted molar refractivity (Wildman–Crippen MR) is 60.3 cm³/mol. The number of nitrogens with zero attached hydrogens (tertiary/aromatic N) is 1. The van der Waals surface area contributed by atoms with E-state index in [0.717, 1.165) is 4.47 Å². The van der Waals surface area contributed by atoms with Gasteiger partial charge in [0.15, 0.2) is 0 Å². The number of rotatable bonds is 4. The Morgan fingerprint density at radius 2 is 2.40 bits per heavy atom. The Hall–Kier alpha value is -0.940. The molecule has 1 aromatic rings. The first-order valence-electron chi connectivity index (χ1n) is 4.62. The highest BCUT2D eigenvalue weighted by Crippen LogP contribution is 2.07. The molecule has 1 heterocycles. The van der Waals surface area contributed by atoms with Gasteiger partial charge in [-0.3, -0.25) is 9.78 Å². The molecule has 0 saturated carbocycles. The lowest BCUT2D eigenvalue weighted by Gasteiger charge is -2.10. The molecule has 1 atom stereocenters. The maximum absolute atomic E-state index is 11.4. The van der Waals surface area contributed by atoms with E-state index in [9.17, 15) is 4.79 Å². The number of pyridine rings is 1. The van der Waals surface area contributed by atoms with Gasteiger partial charge in [0, 0.05) is 22.4 Å². The van der Waals surface area contributed by atoms with Gasteiger partial charge in [0.2, 0.25) is 5.91 Å². The molecule has 1 amide bonds. The van der Waals surface area contributed by atoms with Crippen LogP contribution in [0.5, 0.6) is 0 Å². The first kappa shape index (κ1) is 12.1. The summed E-state index contributed by atoms with van der Waals surface area (Å²) in [5, 5.41) is 11.4. The summed E-state index contributed by atoms with van der Waals surface area (Å²) >= 11 is 3.27. The minimum atomic E-state index is -0.215. The van der Waals surface area contributed by atoms with E-state index < -0.39 is 0 Å². The third kappa shape index (κ3) is 4.40. The molecule has 82 valence electrons. The van der Waals surface area contributed by atoms with E-state index >= 15 is 0 Å². The van der Waals surface area contributed by atoms with Gasteiger partial charge in [0.1, 0.15) is 0 Å². The number of aliphatic hydroxyl groups excluding tert-OH is 1. The topological polar surface area (TPSA) is 62.2 Å². The molecule has 1 aromatic heterocycles. The van der Waals surface area contributed by atoms with Crippen LogP contribution in [-0.2, 0) is 11.2 Å². The summed E-state index contributed by atoms with van der Waals surface area (Å²) in [4.78, 5) is 15.5. The molecule has 0 bridgehead atoms. The number of amides is 1. The van der Waals surface area contributed by atoms with E-state index in [1.807, 2.05) is 6.07 Å².